The van der Waals surface area contributed by atoms with Crippen molar-refractivity contribution in [3.05, 3.63) is 59.7 Å². The fraction of sp³-hybridized carbons (Fsp3) is 0.333. The lowest BCUT2D eigenvalue weighted by molar-refractivity contribution is -0.136. The topological polar surface area (TPSA) is 109 Å². The molecule has 1 fully saturated rings. The number of amides is 3. The summed E-state index contributed by atoms with van der Waals surface area (Å²) in [7, 11) is 0. The van der Waals surface area contributed by atoms with E-state index in [1.54, 1.807) is 36.4 Å². The second kappa shape index (κ2) is 11.6. The first kappa shape index (κ1) is 23.0. The number of anilines is 1. The van der Waals surface area contributed by atoms with Crippen molar-refractivity contribution < 1.29 is 19.1 Å². The van der Waals surface area contributed by atoms with Gasteiger partial charge in [0, 0.05) is 11.7 Å². The molecular weight excluding hydrogens is 408 g/mol. The van der Waals surface area contributed by atoms with Gasteiger partial charge in [0.1, 0.15) is 5.75 Å². The summed E-state index contributed by atoms with van der Waals surface area (Å²) in [5.74, 6) is -1.23. The van der Waals surface area contributed by atoms with E-state index in [0.29, 0.717) is 17.0 Å². The lowest BCUT2D eigenvalue weighted by Gasteiger charge is -2.22. The van der Waals surface area contributed by atoms with Crippen molar-refractivity contribution in [2.24, 2.45) is 5.10 Å². The highest BCUT2D eigenvalue weighted by Crippen LogP contribution is 2.17. The zero-order valence-corrected chi connectivity index (χ0v) is 18.1. The van der Waals surface area contributed by atoms with Crippen LogP contribution < -0.4 is 20.8 Å². The Bertz CT molecular complexity index is 966. The van der Waals surface area contributed by atoms with E-state index in [1.165, 1.54) is 12.6 Å². The molecule has 1 saturated carbocycles. The molecule has 3 amide bonds. The largest absolute Gasteiger partial charge is 0.484 e. The Morgan fingerprint density at radius 1 is 1.00 bits per heavy atom. The molecule has 3 N–H and O–H groups in total. The second-order valence-corrected chi connectivity index (χ2v) is 7.73. The monoisotopic (exact) mass is 436 g/mol. The molecule has 0 aliphatic heterocycles. The maximum atomic E-state index is 12.0. The average molecular weight is 437 g/mol. The van der Waals surface area contributed by atoms with E-state index >= 15 is 0 Å². The van der Waals surface area contributed by atoms with Crippen molar-refractivity contribution in [2.75, 3.05) is 11.9 Å². The smallest absolute Gasteiger partial charge is 0.329 e. The van der Waals surface area contributed by atoms with E-state index in [-0.39, 0.29) is 18.6 Å². The zero-order valence-electron chi connectivity index (χ0n) is 18.1. The molecule has 1 aliphatic carbocycles. The second-order valence-electron chi connectivity index (χ2n) is 7.73. The number of hydrogen-bond acceptors (Lipinski definition) is 5. The van der Waals surface area contributed by atoms with E-state index in [9.17, 15) is 14.4 Å². The molecule has 8 nitrogen and oxygen atoms in total. The molecule has 0 bridgehead atoms. The summed E-state index contributed by atoms with van der Waals surface area (Å²) in [5, 5.41) is 9.35. The summed E-state index contributed by atoms with van der Waals surface area (Å²) >= 11 is 0. The lowest BCUT2D eigenvalue weighted by atomic mass is 9.95. The number of aryl methyl sites for hydroxylation is 1. The third-order valence-corrected chi connectivity index (χ3v) is 5.20. The Balaban J connectivity index is 1.40. The van der Waals surface area contributed by atoms with E-state index in [4.69, 9.17) is 4.74 Å². The first-order valence-electron chi connectivity index (χ1n) is 10.7. The van der Waals surface area contributed by atoms with Crippen molar-refractivity contribution in [3.8, 4) is 5.75 Å². The molecular formula is C24H28N4O4. The van der Waals surface area contributed by atoms with Crippen LogP contribution in [0.5, 0.6) is 5.75 Å². The number of nitrogens with zero attached hydrogens (tertiary/aromatic N) is 1. The van der Waals surface area contributed by atoms with Gasteiger partial charge in [0.15, 0.2) is 6.61 Å². The molecule has 2 aromatic rings. The third kappa shape index (κ3) is 7.23. The highest BCUT2D eigenvalue weighted by Gasteiger charge is 2.16. The molecule has 0 heterocycles. The molecule has 2 aromatic carbocycles. The fourth-order valence-electron chi connectivity index (χ4n) is 3.42. The Labute approximate surface area is 187 Å². The van der Waals surface area contributed by atoms with Crippen LogP contribution in [-0.4, -0.2) is 36.6 Å². The van der Waals surface area contributed by atoms with Crippen molar-refractivity contribution >= 4 is 29.6 Å². The average Bonchev–Trinajstić information content (AvgIpc) is 2.80. The van der Waals surface area contributed by atoms with Crippen LogP contribution in [0.3, 0.4) is 0 Å². The van der Waals surface area contributed by atoms with Crippen molar-refractivity contribution in [1.82, 2.24) is 10.7 Å². The minimum atomic E-state index is -0.867. The van der Waals surface area contributed by atoms with Gasteiger partial charge in [-0.05, 0) is 61.2 Å². The summed E-state index contributed by atoms with van der Waals surface area (Å²) < 4.78 is 5.53. The van der Waals surface area contributed by atoms with Crippen molar-refractivity contribution in [1.29, 1.82) is 0 Å². The van der Waals surface area contributed by atoms with Crippen LogP contribution in [0.25, 0.3) is 0 Å². The summed E-state index contributed by atoms with van der Waals surface area (Å²) in [5.41, 5.74) is 4.32. The Hall–Kier alpha value is -3.68. The predicted molar refractivity (Wildman–Crippen MR) is 122 cm³/mol. The van der Waals surface area contributed by atoms with E-state index < -0.39 is 11.8 Å². The molecule has 1 aliphatic rings. The Morgan fingerprint density at radius 2 is 1.72 bits per heavy atom. The molecule has 3 rings (SSSR count). The van der Waals surface area contributed by atoms with Gasteiger partial charge in [-0.2, -0.15) is 5.10 Å². The number of para-hydroxylation sites is 1. The van der Waals surface area contributed by atoms with Crippen molar-refractivity contribution in [2.45, 2.75) is 45.1 Å². The number of hydrogen-bond donors (Lipinski definition) is 3. The number of ether oxygens (including phenoxy) is 1. The van der Waals surface area contributed by atoms with Crippen LogP contribution >= 0.6 is 0 Å². The third-order valence-electron chi connectivity index (χ3n) is 5.20. The number of carbonyl (C=O) groups excluding carboxylic acids is 3. The maximum absolute atomic E-state index is 12.0. The van der Waals surface area contributed by atoms with Crippen molar-refractivity contribution in [3.63, 3.8) is 0 Å². The molecule has 0 aromatic heterocycles. The summed E-state index contributed by atoms with van der Waals surface area (Å²) in [6, 6.07) is 14.3. The molecule has 168 valence electrons. The maximum Gasteiger partial charge on any atom is 0.329 e. The Morgan fingerprint density at radius 3 is 2.44 bits per heavy atom. The highest BCUT2D eigenvalue weighted by molar-refractivity contribution is 6.39. The summed E-state index contributed by atoms with van der Waals surface area (Å²) in [6.07, 6.45) is 7.04. The molecule has 8 heteroatoms. The molecule has 0 unspecified atom stereocenters. The number of benzene rings is 2. The van der Waals surface area contributed by atoms with Gasteiger partial charge in [-0.25, -0.2) is 5.43 Å². The molecule has 0 atom stereocenters. The van der Waals surface area contributed by atoms with Crippen LogP contribution in [0.4, 0.5) is 5.69 Å². The van der Waals surface area contributed by atoms with Crippen LogP contribution in [-0.2, 0) is 14.4 Å². The van der Waals surface area contributed by atoms with Gasteiger partial charge in [0.25, 0.3) is 5.91 Å². The highest BCUT2D eigenvalue weighted by atomic mass is 16.5. The van der Waals surface area contributed by atoms with E-state index in [2.05, 4.69) is 21.2 Å². The number of carbonyl (C=O) groups is 3. The van der Waals surface area contributed by atoms with Gasteiger partial charge in [0.05, 0.1) is 6.21 Å². The van der Waals surface area contributed by atoms with Gasteiger partial charge < -0.3 is 15.4 Å². The molecule has 0 saturated heterocycles. The van der Waals surface area contributed by atoms with Gasteiger partial charge in [-0.15, -0.1) is 0 Å². The molecule has 32 heavy (non-hydrogen) atoms. The molecule has 0 radical (unpaired) electrons. The minimum absolute atomic E-state index is 0.0318. The SMILES string of the molecule is Cc1ccccc1NC(=O)C(=O)N/N=C\c1ccc(OCC(=O)NC2CCCCC2)cc1. The molecule has 0 spiro atoms. The number of nitrogens with one attached hydrogen (secondary N) is 3. The van der Waals surface area contributed by atoms with Crippen LogP contribution in [0.2, 0.25) is 0 Å². The van der Waals surface area contributed by atoms with E-state index in [1.807, 2.05) is 19.1 Å². The van der Waals surface area contributed by atoms with Gasteiger partial charge in [-0.3, -0.25) is 14.4 Å². The quantitative estimate of drug-likeness (QED) is 0.352. The normalized spacial score (nSPS) is 14.0. The Kier molecular flexibility index (Phi) is 8.36. The van der Waals surface area contributed by atoms with Crippen LogP contribution in [0.15, 0.2) is 53.6 Å². The standard InChI is InChI=1S/C24H28N4O4/c1-17-7-5-6-10-21(17)27-23(30)24(31)28-25-15-18-11-13-20(14-12-18)32-16-22(29)26-19-8-3-2-4-9-19/h5-7,10-15,19H,2-4,8-9,16H2,1H3,(H,26,29)(H,27,30)(H,28,31)/b25-15-. The minimum Gasteiger partial charge on any atom is -0.484 e. The van der Waals surface area contributed by atoms with Gasteiger partial charge in [0.2, 0.25) is 0 Å². The zero-order chi connectivity index (χ0) is 22.8. The lowest BCUT2D eigenvalue weighted by Crippen LogP contribution is -2.38. The summed E-state index contributed by atoms with van der Waals surface area (Å²) in [4.78, 5) is 35.9. The fourth-order valence-corrected chi connectivity index (χ4v) is 3.42. The van der Waals surface area contributed by atoms with Gasteiger partial charge >= 0.3 is 11.8 Å². The van der Waals surface area contributed by atoms with Crippen LogP contribution in [0.1, 0.15) is 43.2 Å². The van der Waals surface area contributed by atoms with Gasteiger partial charge in [-0.1, -0.05) is 37.5 Å². The first-order chi connectivity index (χ1) is 15.5. The number of hydrazone groups is 1. The van der Waals surface area contributed by atoms with Crippen LogP contribution in [0, 0.1) is 6.92 Å². The first-order valence-corrected chi connectivity index (χ1v) is 10.7. The van der Waals surface area contributed by atoms with E-state index in [0.717, 1.165) is 31.2 Å². The predicted octanol–water partition coefficient (Wildman–Crippen LogP) is 2.91. The number of rotatable bonds is 7. The summed E-state index contributed by atoms with van der Waals surface area (Å²) in [6.45, 7) is 1.80.